The van der Waals surface area contributed by atoms with Crippen LogP contribution in [0.2, 0.25) is 0 Å². The summed E-state index contributed by atoms with van der Waals surface area (Å²) in [7, 11) is 1.64. The van der Waals surface area contributed by atoms with E-state index in [1.807, 2.05) is 25.1 Å². The third-order valence-corrected chi connectivity index (χ3v) is 5.64. The van der Waals surface area contributed by atoms with Gasteiger partial charge in [-0.3, -0.25) is 9.78 Å². The van der Waals surface area contributed by atoms with Gasteiger partial charge < -0.3 is 19.8 Å². The zero-order chi connectivity index (χ0) is 23.0. The number of aromatic nitrogens is 5. The number of likely N-dealkylation sites (tertiary alicyclic amines) is 1. The number of rotatable bonds is 5. The highest BCUT2D eigenvalue weighted by atomic mass is 16.5. The fraction of sp³-hybridized carbons (Fsp3) is 0.217. The minimum Gasteiger partial charge on any atom is -0.373 e. The Hall–Kier alpha value is -4.18. The van der Waals surface area contributed by atoms with Gasteiger partial charge in [0.25, 0.3) is 5.91 Å². The molecule has 0 saturated carbocycles. The standard InChI is InChI=1S/C23H21N7O3/c1-14-6-9-24-13-19(14)28-22-25-10-7-17(27-22)15-4-3-5-16(26-15)18-12-20(33-29-18)23(32)8-11-30(2)21(23)31/h3-7,9-10,12-13,32H,8,11H2,1-2H3,(H,25,27,28). The number of carbonyl (C=O) groups excluding carboxylic acids is 1. The lowest BCUT2D eigenvalue weighted by Crippen LogP contribution is -2.35. The van der Waals surface area contributed by atoms with Crippen molar-refractivity contribution in [1.82, 2.24) is 30.0 Å². The Balaban J connectivity index is 1.42. The summed E-state index contributed by atoms with van der Waals surface area (Å²) in [6, 6.07) is 10.7. The Morgan fingerprint density at radius 1 is 1.09 bits per heavy atom. The first-order valence-electron chi connectivity index (χ1n) is 10.4. The van der Waals surface area contributed by atoms with Crippen LogP contribution in [0.3, 0.4) is 0 Å². The minimum absolute atomic E-state index is 0.111. The van der Waals surface area contributed by atoms with Crippen LogP contribution in [0.5, 0.6) is 0 Å². The number of pyridine rings is 2. The highest BCUT2D eigenvalue weighted by molar-refractivity contribution is 5.87. The van der Waals surface area contributed by atoms with Crippen molar-refractivity contribution >= 4 is 17.5 Å². The number of nitrogens with one attached hydrogen (secondary N) is 1. The molecule has 0 aliphatic carbocycles. The number of aliphatic hydroxyl groups is 1. The Kier molecular flexibility index (Phi) is 5.06. The first-order chi connectivity index (χ1) is 15.9. The second-order valence-electron chi connectivity index (χ2n) is 7.90. The predicted octanol–water partition coefficient (Wildman–Crippen LogP) is 2.69. The maximum atomic E-state index is 12.3. The number of anilines is 2. The molecule has 5 heterocycles. The summed E-state index contributed by atoms with van der Waals surface area (Å²) in [6.45, 7) is 2.42. The molecule has 1 unspecified atom stereocenters. The van der Waals surface area contributed by atoms with E-state index in [0.29, 0.717) is 35.3 Å². The van der Waals surface area contributed by atoms with Crippen molar-refractivity contribution in [3.05, 3.63) is 66.3 Å². The van der Waals surface area contributed by atoms with E-state index in [9.17, 15) is 9.90 Å². The third kappa shape index (κ3) is 3.80. The quantitative estimate of drug-likeness (QED) is 0.478. The monoisotopic (exact) mass is 443 g/mol. The molecule has 0 spiro atoms. The van der Waals surface area contributed by atoms with Gasteiger partial charge in [-0.1, -0.05) is 11.2 Å². The van der Waals surface area contributed by atoms with Crippen molar-refractivity contribution in [2.45, 2.75) is 18.9 Å². The fourth-order valence-electron chi connectivity index (χ4n) is 3.67. The second-order valence-corrected chi connectivity index (χ2v) is 7.90. The van der Waals surface area contributed by atoms with Crippen molar-refractivity contribution in [2.24, 2.45) is 0 Å². The van der Waals surface area contributed by atoms with Crippen LogP contribution in [-0.2, 0) is 10.4 Å². The van der Waals surface area contributed by atoms with Crippen LogP contribution in [0.1, 0.15) is 17.7 Å². The van der Waals surface area contributed by atoms with Crippen molar-refractivity contribution in [2.75, 3.05) is 18.9 Å². The normalized spacial score (nSPS) is 18.0. The number of likely N-dealkylation sites (N-methyl/N-ethyl adjacent to an activating group) is 1. The van der Waals surface area contributed by atoms with Crippen LogP contribution in [0, 0.1) is 6.92 Å². The van der Waals surface area contributed by atoms with Gasteiger partial charge in [-0.05, 0) is 36.8 Å². The molecule has 4 aromatic heterocycles. The number of hydrogen-bond donors (Lipinski definition) is 2. The highest BCUT2D eigenvalue weighted by Gasteiger charge is 2.48. The van der Waals surface area contributed by atoms with E-state index in [4.69, 9.17) is 4.52 Å². The molecule has 33 heavy (non-hydrogen) atoms. The van der Waals surface area contributed by atoms with Gasteiger partial charge in [0.05, 0.1) is 29.0 Å². The molecule has 1 amide bonds. The molecule has 0 aromatic carbocycles. The molecule has 5 rings (SSSR count). The summed E-state index contributed by atoms with van der Waals surface area (Å²) in [5.74, 6) is 0.127. The van der Waals surface area contributed by atoms with Crippen LogP contribution < -0.4 is 5.32 Å². The molecule has 10 nitrogen and oxygen atoms in total. The van der Waals surface area contributed by atoms with Gasteiger partial charge in [0.15, 0.2) is 5.76 Å². The van der Waals surface area contributed by atoms with Gasteiger partial charge in [0.2, 0.25) is 11.5 Å². The molecule has 1 atom stereocenters. The average molecular weight is 443 g/mol. The topological polar surface area (TPSA) is 130 Å². The fourth-order valence-corrected chi connectivity index (χ4v) is 3.67. The summed E-state index contributed by atoms with van der Waals surface area (Å²) in [4.78, 5) is 31.4. The van der Waals surface area contributed by atoms with Crippen LogP contribution >= 0.6 is 0 Å². The molecule has 0 bridgehead atoms. The van der Waals surface area contributed by atoms with Crippen LogP contribution in [-0.4, -0.2) is 54.6 Å². The Bertz CT molecular complexity index is 1340. The maximum absolute atomic E-state index is 12.3. The van der Waals surface area contributed by atoms with Gasteiger partial charge in [0.1, 0.15) is 5.69 Å². The molecule has 1 aliphatic rings. The van der Waals surface area contributed by atoms with E-state index >= 15 is 0 Å². The molecule has 0 radical (unpaired) electrons. The van der Waals surface area contributed by atoms with Crippen molar-refractivity contribution in [1.29, 1.82) is 0 Å². The lowest BCUT2D eigenvalue weighted by molar-refractivity contribution is -0.144. The molecule has 2 N–H and O–H groups in total. The highest BCUT2D eigenvalue weighted by Crippen LogP contribution is 2.34. The zero-order valence-electron chi connectivity index (χ0n) is 18.1. The third-order valence-electron chi connectivity index (χ3n) is 5.64. The van der Waals surface area contributed by atoms with E-state index in [-0.39, 0.29) is 12.2 Å². The molecule has 10 heteroatoms. The lowest BCUT2D eigenvalue weighted by atomic mass is 9.98. The number of hydrogen-bond acceptors (Lipinski definition) is 9. The lowest BCUT2D eigenvalue weighted by Gasteiger charge is -2.16. The summed E-state index contributed by atoms with van der Waals surface area (Å²) < 4.78 is 5.34. The molecular formula is C23H21N7O3. The summed E-state index contributed by atoms with van der Waals surface area (Å²) >= 11 is 0. The van der Waals surface area contributed by atoms with Gasteiger partial charge in [-0.25, -0.2) is 15.0 Å². The maximum Gasteiger partial charge on any atom is 0.262 e. The molecule has 1 aliphatic heterocycles. The average Bonchev–Trinajstić information content (AvgIpc) is 3.43. The van der Waals surface area contributed by atoms with Crippen molar-refractivity contribution < 1.29 is 14.4 Å². The van der Waals surface area contributed by atoms with E-state index in [2.05, 4.69) is 30.4 Å². The summed E-state index contributed by atoms with van der Waals surface area (Å²) in [5.41, 5.74) is 2.31. The molecular weight excluding hydrogens is 422 g/mol. The second kappa shape index (κ2) is 8.06. The Morgan fingerprint density at radius 2 is 1.88 bits per heavy atom. The first kappa shape index (κ1) is 20.7. The van der Waals surface area contributed by atoms with E-state index in [1.165, 1.54) is 4.90 Å². The van der Waals surface area contributed by atoms with Crippen LogP contribution in [0.15, 0.2) is 59.5 Å². The van der Waals surface area contributed by atoms with Crippen LogP contribution in [0.4, 0.5) is 11.6 Å². The van der Waals surface area contributed by atoms with Gasteiger partial charge in [-0.2, -0.15) is 0 Å². The summed E-state index contributed by atoms with van der Waals surface area (Å²) in [6.07, 6.45) is 5.34. The number of amides is 1. The minimum atomic E-state index is -1.70. The largest absolute Gasteiger partial charge is 0.373 e. The number of aryl methyl sites for hydroxylation is 1. The Morgan fingerprint density at radius 3 is 2.64 bits per heavy atom. The number of nitrogens with zero attached hydrogens (tertiary/aromatic N) is 6. The van der Waals surface area contributed by atoms with Crippen molar-refractivity contribution in [3.63, 3.8) is 0 Å². The molecule has 1 saturated heterocycles. The zero-order valence-corrected chi connectivity index (χ0v) is 18.1. The molecule has 4 aromatic rings. The van der Waals surface area contributed by atoms with Gasteiger partial charge in [0, 0.05) is 38.5 Å². The van der Waals surface area contributed by atoms with E-state index in [1.54, 1.807) is 43.8 Å². The smallest absolute Gasteiger partial charge is 0.262 e. The predicted molar refractivity (Wildman–Crippen MR) is 119 cm³/mol. The SMILES string of the molecule is Cc1ccncc1Nc1nccc(-c2cccc(-c3cc(C4(O)CCN(C)C4=O)on3)n2)n1. The number of carbonyl (C=O) groups is 1. The van der Waals surface area contributed by atoms with Crippen molar-refractivity contribution in [3.8, 4) is 22.8 Å². The van der Waals surface area contributed by atoms with E-state index < -0.39 is 11.5 Å². The van der Waals surface area contributed by atoms with Gasteiger partial charge in [-0.15, -0.1) is 0 Å². The Labute approximate surface area is 189 Å². The van der Waals surface area contributed by atoms with Crippen LogP contribution in [0.25, 0.3) is 22.8 Å². The van der Waals surface area contributed by atoms with Gasteiger partial charge >= 0.3 is 0 Å². The van der Waals surface area contributed by atoms with E-state index in [0.717, 1.165) is 11.3 Å². The molecule has 166 valence electrons. The first-order valence-corrected chi connectivity index (χ1v) is 10.4. The summed E-state index contributed by atoms with van der Waals surface area (Å²) in [5, 5.41) is 18.0. The molecule has 1 fully saturated rings.